The highest BCUT2D eigenvalue weighted by atomic mass is 15.1. The highest BCUT2D eigenvalue weighted by Crippen LogP contribution is 2.27. The second kappa shape index (κ2) is 4.61. The van der Waals surface area contributed by atoms with E-state index in [0.29, 0.717) is 0 Å². The molecule has 0 aliphatic heterocycles. The molecule has 0 spiro atoms. The van der Waals surface area contributed by atoms with Gasteiger partial charge in [0.25, 0.3) is 0 Å². The highest BCUT2D eigenvalue weighted by molar-refractivity contribution is 5.78. The summed E-state index contributed by atoms with van der Waals surface area (Å²) >= 11 is 0. The van der Waals surface area contributed by atoms with Crippen molar-refractivity contribution in [2.24, 2.45) is 5.92 Å². The van der Waals surface area contributed by atoms with Crippen molar-refractivity contribution < 1.29 is 0 Å². The van der Waals surface area contributed by atoms with E-state index >= 15 is 0 Å². The number of fused-ring (bicyclic) bond motifs is 1. The molecule has 2 aromatic rings. The molecule has 0 saturated heterocycles. The standard InChI is InChI=1S/C14H20N4/c1-18(8-10-3-2-4-10)9-14-16-12-6-5-11(15)7-13(12)17-14/h5-7,10H,2-4,8-9,15H2,1H3,(H,16,17). The number of aromatic nitrogens is 2. The van der Waals surface area contributed by atoms with Gasteiger partial charge >= 0.3 is 0 Å². The molecule has 4 heteroatoms. The summed E-state index contributed by atoms with van der Waals surface area (Å²) in [5, 5.41) is 0. The number of nitrogens with one attached hydrogen (secondary N) is 1. The van der Waals surface area contributed by atoms with Crippen molar-refractivity contribution in [2.75, 3.05) is 19.3 Å². The molecule has 1 aromatic heterocycles. The summed E-state index contributed by atoms with van der Waals surface area (Å²) in [6.45, 7) is 2.06. The molecule has 1 aliphatic carbocycles. The number of imidazole rings is 1. The smallest absolute Gasteiger partial charge is 0.121 e. The Balaban J connectivity index is 1.69. The van der Waals surface area contributed by atoms with Crippen LogP contribution < -0.4 is 5.73 Å². The number of benzene rings is 1. The van der Waals surface area contributed by atoms with Gasteiger partial charge in [-0.05, 0) is 44.0 Å². The summed E-state index contributed by atoms with van der Waals surface area (Å²) in [7, 11) is 2.17. The van der Waals surface area contributed by atoms with E-state index in [4.69, 9.17) is 5.73 Å². The summed E-state index contributed by atoms with van der Waals surface area (Å²) in [5.41, 5.74) is 8.57. The van der Waals surface area contributed by atoms with Gasteiger partial charge in [-0.15, -0.1) is 0 Å². The second-order valence-corrected chi connectivity index (χ2v) is 5.45. The predicted molar refractivity (Wildman–Crippen MR) is 74.2 cm³/mol. The molecule has 0 bridgehead atoms. The Bertz CT molecular complexity index is 542. The Kier molecular flexibility index (Phi) is 2.96. The summed E-state index contributed by atoms with van der Waals surface area (Å²) in [6.07, 6.45) is 4.18. The van der Waals surface area contributed by atoms with E-state index in [-0.39, 0.29) is 0 Å². The third-order valence-electron chi connectivity index (χ3n) is 3.77. The van der Waals surface area contributed by atoms with E-state index in [1.807, 2.05) is 18.2 Å². The molecule has 1 aromatic carbocycles. The lowest BCUT2D eigenvalue weighted by Gasteiger charge is -2.29. The maximum Gasteiger partial charge on any atom is 0.121 e. The average molecular weight is 244 g/mol. The van der Waals surface area contributed by atoms with Gasteiger partial charge in [0, 0.05) is 12.2 Å². The molecule has 1 saturated carbocycles. The minimum atomic E-state index is 0.778. The molecule has 18 heavy (non-hydrogen) atoms. The third kappa shape index (κ3) is 2.34. The molecular formula is C14H20N4. The van der Waals surface area contributed by atoms with Gasteiger partial charge in [-0.3, -0.25) is 4.90 Å². The Morgan fingerprint density at radius 1 is 1.44 bits per heavy atom. The zero-order chi connectivity index (χ0) is 12.5. The van der Waals surface area contributed by atoms with Gasteiger partial charge in [-0.2, -0.15) is 0 Å². The quantitative estimate of drug-likeness (QED) is 0.812. The van der Waals surface area contributed by atoms with Gasteiger partial charge in [-0.25, -0.2) is 4.98 Å². The van der Waals surface area contributed by atoms with E-state index < -0.39 is 0 Å². The van der Waals surface area contributed by atoms with Gasteiger partial charge < -0.3 is 10.7 Å². The van der Waals surface area contributed by atoms with Crippen LogP contribution >= 0.6 is 0 Å². The summed E-state index contributed by atoms with van der Waals surface area (Å²) < 4.78 is 0. The lowest BCUT2D eigenvalue weighted by molar-refractivity contribution is 0.198. The lowest BCUT2D eigenvalue weighted by Crippen LogP contribution is -2.29. The highest BCUT2D eigenvalue weighted by Gasteiger charge is 2.19. The van der Waals surface area contributed by atoms with E-state index in [2.05, 4.69) is 21.9 Å². The molecule has 1 fully saturated rings. The number of nitrogens with two attached hydrogens (primary N) is 1. The van der Waals surface area contributed by atoms with Crippen molar-refractivity contribution in [1.82, 2.24) is 14.9 Å². The van der Waals surface area contributed by atoms with Crippen LogP contribution in [0, 0.1) is 5.92 Å². The maximum absolute atomic E-state index is 5.77. The third-order valence-corrected chi connectivity index (χ3v) is 3.77. The van der Waals surface area contributed by atoms with Crippen LogP contribution in [0.2, 0.25) is 0 Å². The van der Waals surface area contributed by atoms with Crippen LogP contribution in [0.5, 0.6) is 0 Å². The van der Waals surface area contributed by atoms with Crippen LogP contribution in [0.15, 0.2) is 18.2 Å². The molecule has 96 valence electrons. The predicted octanol–water partition coefficient (Wildman–Crippen LogP) is 2.38. The zero-order valence-electron chi connectivity index (χ0n) is 10.8. The van der Waals surface area contributed by atoms with Crippen molar-refractivity contribution in [1.29, 1.82) is 0 Å². The summed E-state index contributed by atoms with van der Waals surface area (Å²) in [6, 6.07) is 5.80. The van der Waals surface area contributed by atoms with Crippen molar-refractivity contribution in [3.05, 3.63) is 24.0 Å². The number of anilines is 1. The second-order valence-electron chi connectivity index (χ2n) is 5.45. The van der Waals surface area contributed by atoms with Crippen molar-refractivity contribution in [3.8, 4) is 0 Å². The Morgan fingerprint density at radius 2 is 2.28 bits per heavy atom. The maximum atomic E-state index is 5.77. The van der Waals surface area contributed by atoms with E-state index in [1.54, 1.807) is 0 Å². The van der Waals surface area contributed by atoms with Crippen LogP contribution in [0.3, 0.4) is 0 Å². The SMILES string of the molecule is CN(Cc1nc2ccc(N)cc2[nH]1)CC1CCC1. The fraction of sp³-hybridized carbons (Fsp3) is 0.500. The van der Waals surface area contributed by atoms with E-state index in [1.165, 1.54) is 25.8 Å². The number of rotatable bonds is 4. The van der Waals surface area contributed by atoms with E-state index in [0.717, 1.165) is 35.0 Å². The number of aromatic amines is 1. The van der Waals surface area contributed by atoms with Crippen LogP contribution in [0.25, 0.3) is 11.0 Å². The number of H-pyrrole nitrogens is 1. The van der Waals surface area contributed by atoms with Crippen molar-refractivity contribution >= 4 is 16.7 Å². The van der Waals surface area contributed by atoms with Gasteiger partial charge in [-0.1, -0.05) is 6.42 Å². The largest absolute Gasteiger partial charge is 0.399 e. The summed E-state index contributed by atoms with van der Waals surface area (Å²) in [4.78, 5) is 10.3. The van der Waals surface area contributed by atoms with Gasteiger partial charge in [0.05, 0.1) is 17.6 Å². The fourth-order valence-electron chi connectivity index (χ4n) is 2.59. The first-order valence-electron chi connectivity index (χ1n) is 6.63. The van der Waals surface area contributed by atoms with Crippen molar-refractivity contribution in [2.45, 2.75) is 25.8 Å². The molecule has 1 aliphatic rings. The van der Waals surface area contributed by atoms with Crippen LogP contribution in [-0.2, 0) is 6.54 Å². The first kappa shape index (κ1) is 11.5. The molecule has 0 atom stereocenters. The lowest BCUT2D eigenvalue weighted by atomic mass is 9.85. The van der Waals surface area contributed by atoms with E-state index in [9.17, 15) is 0 Å². The average Bonchev–Trinajstić information content (AvgIpc) is 2.65. The normalized spacial score (nSPS) is 16.3. The topological polar surface area (TPSA) is 57.9 Å². The minimum absolute atomic E-state index is 0.778. The van der Waals surface area contributed by atoms with Gasteiger partial charge in [0.1, 0.15) is 5.82 Å². The molecule has 4 nitrogen and oxygen atoms in total. The summed E-state index contributed by atoms with van der Waals surface area (Å²) in [5.74, 6) is 1.92. The molecule has 1 heterocycles. The molecule has 3 rings (SSSR count). The van der Waals surface area contributed by atoms with Gasteiger partial charge in [0.2, 0.25) is 0 Å². The molecule has 0 unspecified atom stereocenters. The first-order chi connectivity index (χ1) is 8.70. The molecule has 3 N–H and O–H groups in total. The van der Waals surface area contributed by atoms with Crippen LogP contribution in [0.1, 0.15) is 25.1 Å². The fourth-order valence-corrected chi connectivity index (χ4v) is 2.59. The van der Waals surface area contributed by atoms with Crippen LogP contribution in [-0.4, -0.2) is 28.5 Å². The number of nitrogen functional groups attached to an aromatic ring is 1. The monoisotopic (exact) mass is 244 g/mol. The molecule has 0 amide bonds. The molecular weight excluding hydrogens is 224 g/mol. The Morgan fingerprint density at radius 3 is 3.00 bits per heavy atom. The first-order valence-corrected chi connectivity index (χ1v) is 6.63. The number of nitrogens with zero attached hydrogens (tertiary/aromatic N) is 2. The van der Waals surface area contributed by atoms with Crippen molar-refractivity contribution in [3.63, 3.8) is 0 Å². The van der Waals surface area contributed by atoms with Crippen LogP contribution in [0.4, 0.5) is 5.69 Å². The Labute approximate surface area is 107 Å². The number of hydrogen-bond acceptors (Lipinski definition) is 3. The number of hydrogen-bond donors (Lipinski definition) is 2. The zero-order valence-corrected chi connectivity index (χ0v) is 10.8. The molecule has 0 radical (unpaired) electrons. The Hall–Kier alpha value is -1.55. The van der Waals surface area contributed by atoms with Gasteiger partial charge in [0.15, 0.2) is 0 Å². The minimum Gasteiger partial charge on any atom is -0.399 e.